The highest BCUT2D eigenvalue weighted by Gasteiger charge is 2.40. The molecule has 290 valence electrons. The molecule has 0 aromatic heterocycles. The van der Waals surface area contributed by atoms with Crippen molar-refractivity contribution < 1.29 is 28.2 Å². The maximum atomic E-state index is 14.3. The number of hydrogen-bond acceptors (Lipinski definition) is 6. The molecule has 0 radical (unpaired) electrons. The van der Waals surface area contributed by atoms with Crippen molar-refractivity contribution >= 4 is 53.1 Å². The number of para-hydroxylation sites is 1. The van der Waals surface area contributed by atoms with Gasteiger partial charge in [-0.05, 0) is 79.7 Å². The number of nitrogens with zero attached hydrogens (tertiary/aromatic N) is 1. The first-order chi connectivity index (χ1) is 25.4. The van der Waals surface area contributed by atoms with Crippen molar-refractivity contribution in [2.45, 2.75) is 65.2 Å². The van der Waals surface area contributed by atoms with E-state index in [0.29, 0.717) is 52.1 Å². The summed E-state index contributed by atoms with van der Waals surface area (Å²) in [6.07, 6.45) is 0.335. The summed E-state index contributed by atoms with van der Waals surface area (Å²) in [6, 6.07) is 25.0. The Hall–Kier alpha value is -3.86. The number of anilines is 1. The van der Waals surface area contributed by atoms with Crippen LogP contribution in [0, 0.1) is 11.2 Å². The van der Waals surface area contributed by atoms with Gasteiger partial charge in [0, 0.05) is 45.5 Å². The molecule has 2 unspecified atom stereocenters. The summed E-state index contributed by atoms with van der Waals surface area (Å²) in [7, 11) is 1.56. The van der Waals surface area contributed by atoms with Gasteiger partial charge in [0.05, 0.1) is 20.1 Å². The molecule has 8 nitrogen and oxygen atoms in total. The second-order valence-electron chi connectivity index (χ2n) is 14.3. The SMILES string of the molecule is COc1c(OCCCNCCCc2ccccc2Cl)cccc1C1OC(CC(=O)NCc2ccccc2F)C(=O)N(CC(C)(C)C)c2ccc(Cl)cc21.Cl. The van der Waals surface area contributed by atoms with E-state index in [1.54, 1.807) is 42.3 Å². The number of benzene rings is 4. The summed E-state index contributed by atoms with van der Waals surface area (Å²) in [5, 5.41) is 7.48. The fraction of sp³-hybridized carbons (Fsp3) is 0.381. The molecular weight excluding hydrogens is 752 g/mol. The zero-order chi connectivity index (χ0) is 38.0. The largest absolute Gasteiger partial charge is 0.492 e. The molecule has 4 aromatic carbocycles. The molecule has 1 aliphatic rings. The van der Waals surface area contributed by atoms with Gasteiger partial charge in [-0.1, -0.05) is 92.5 Å². The van der Waals surface area contributed by atoms with Crippen LogP contribution < -0.4 is 25.0 Å². The van der Waals surface area contributed by atoms with Crippen LogP contribution in [0.5, 0.6) is 11.5 Å². The molecule has 2 amide bonds. The monoisotopic (exact) mass is 799 g/mol. The van der Waals surface area contributed by atoms with Gasteiger partial charge in [0.15, 0.2) is 11.5 Å². The first-order valence-electron chi connectivity index (χ1n) is 18.0. The number of amides is 2. The van der Waals surface area contributed by atoms with Crippen molar-refractivity contribution in [2.75, 3.05) is 38.3 Å². The van der Waals surface area contributed by atoms with Gasteiger partial charge in [-0.2, -0.15) is 0 Å². The summed E-state index contributed by atoms with van der Waals surface area (Å²) in [5.41, 5.74) is 3.10. The Bertz CT molecular complexity index is 1870. The summed E-state index contributed by atoms with van der Waals surface area (Å²) in [5.74, 6) is -0.259. The molecule has 0 spiro atoms. The third-order valence-electron chi connectivity index (χ3n) is 8.85. The molecule has 0 fully saturated rings. The molecule has 0 bridgehead atoms. The smallest absolute Gasteiger partial charge is 0.256 e. The van der Waals surface area contributed by atoms with Crippen LogP contribution in [-0.2, 0) is 27.3 Å². The van der Waals surface area contributed by atoms with Crippen molar-refractivity contribution in [3.05, 3.63) is 123 Å². The summed E-state index contributed by atoms with van der Waals surface area (Å²) >= 11 is 12.9. The second kappa shape index (κ2) is 20.2. The number of methoxy groups -OCH3 is 1. The highest BCUT2D eigenvalue weighted by molar-refractivity contribution is 6.31. The average Bonchev–Trinajstić information content (AvgIpc) is 3.22. The molecule has 4 aromatic rings. The fourth-order valence-corrected chi connectivity index (χ4v) is 6.75. The predicted molar refractivity (Wildman–Crippen MR) is 216 cm³/mol. The molecule has 12 heteroatoms. The molecule has 0 aliphatic carbocycles. The lowest BCUT2D eigenvalue weighted by atomic mass is 9.94. The average molecular weight is 801 g/mol. The van der Waals surface area contributed by atoms with Crippen LogP contribution in [0.25, 0.3) is 0 Å². The van der Waals surface area contributed by atoms with Crippen LogP contribution in [0.3, 0.4) is 0 Å². The van der Waals surface area contributed by atoms with Crippen molar-refractivity contribution in [3.63, 3.8) is 0 Å². The molecular formula is C42H49Cl3FN3O5. The van der Waals surface area contributed by atoms with Crippen molar-refractivity contribution in [1.82, 2.24) is 10.6 Å². The normalized spacial score (nSPS) is 15.5. The van der Waals surface area contributed by atoms with E-state index in [9.17, 15) is 14.0 Å². The van der Waals surface area contributed by atoms with E-state index in [-0.39, 0.29) is 36.7 Å². The number of halogens is 4. The number of carbonyl (C=O) groups is 2. The molecule has 54 heavy (non-hydrogen) atoms. The van der Waals surface area contributed by atoms with E-state index in [1.165, 1.54) is 6.07 Å². The minimum absolute atomic E-state index is 0. The van der Waals surface area contributed by atoms with Crippen molar-refractivity contribution in [1.29, 1.82) is 0 Å². The molecule has 1 aliphatic heterocycles. The Morgan fingerprint density at radius 1 is 0.926 bits per heavy atom. The third kappa shape index (κ3) is 11.6. The van der Waals surface area contributed by atoms with Gasteiger partial charge in [0.1, 0.15) is 18.0 Å². The van der Waals surface area contributed by atoms with Gasteiger partial charge in [-0.25, -0.2) is 4.39 Å². The maximum absolute atomic E-state index is 14.3. The van der Waals surface area contributed by atoms with E-state index >= 15 is 0 Å². The number of rotatable bonds is 16. The van der Waals surface area contributed by atoms with E-state index < -0.39 is 23.9 Å². The van der Waals surface area contributed by atoms with Gasteiger partial charge in [-0.15, -0.1) is 12.4 Å². The summed E-state index contributed by atoms with van der Waals surface area (Å²) < 4.78 is 33.2. The van der Waals surface area contributed by atoms with Crippen molar-refractivity contribution in [3.8, 4) is 11.5 Å². The van der Waals surface area contributed by atoms with E-state index in [1.807, 2.05) is 63.2 Å². The second-order valence-corrected chi connectivity index (χ2v) is 15.1. The Morgan fingerprint density at radius 3 is 2.37 bits per heavy atom. The zero-order valence-electron chi connectivity index (χ0n) is 31.1. The zero-order valence-corrected chi connectivity index (χ0v) is 33.5. The fourth-order valence-electron chi connectivity index (χ4n) is 6.34. The van der Waals surface area contributed by atoms with Gasteiger partial charge in [0.2, 0.25) is 5.91 Å². The molecule has 1 heterocycles. The number of carbonyl (C=O) groups excluding carboxylic acids is 2. The van der Waals surface area contributed by atoms with Gasteiger partial charge >= 0.3 is 0 Å². The number of nitrogens with one attached hydrogen (secondary N) is 2. The van der Waals surface area contributed by atoms with Crippen LogP contribution in [0.15, 0.2) is 84.9 Å². The maximum Gasteiger partial charge on any atom is 0.256 e. The van der Waals surface area contributed by atoms with Crippen LogP contribution >= 0.6 is 35.6 Å². The predicted octanol–water partition coefficient (Wildman–Crippen LogP) is 9.13. The standard InChI is InChI=1S/C42H48Cl2FN3O5.ClH/c1-42(2,3)27-48-35-20-19-30(43)24-32(35)39(53-37(41(48)50)25-38(49)47-26-29-13-6-8-17-34(29)45)31-15-9-18-36(40(31)51-4)52-23-11-22-46-21-10-14-28-12-5-7-16-33(28)44;/h5-9,12-13,15-20,24,37,39,46H,10-11,14,21-23,25-27H2,1-4H3,(H,47,49);1H. The highest BCUT2D eigenvalue weighted by Crippen LogP contribution is 2.45. The number of hydrogen-bond donors (Lipinski definition) is 2. The Kier molecular flexibility index (Phi) is 16.0. The lowest BCUT2D eigenvalue weighted by Crippen LogP contribution is -2.45. The Morgan fingerprint density at radius 2 is 1.65 bits per heavy atom. The van der Waals surface area contributed by atoms with Crippen LogP contribution in [0.2, 0.25) is 10.0 Å². The van der Waals surface area contributed by atoms with E-state index in [2.05, 4.69) is 16.7 Å². The van der Waals surface area contributed by atoms with Gasteiger partial charge in [0.25, 0.3) is 5.91 Å². The molecule has 2 N–H and O–H groups in total. The van der Waals surface area contributed by atoms with Gasteiger partial charge < -0.3 is 29.7 Å². The quantitative estimate of drug-likeness (QED) is 0.110. The molecule has 0 saturated carbocycles. The lowest BCUT2D eigenvalue weighted by molar-refractivity contribution is -0.138. The Balaban J connectivity index is 0.00000650. The molecule has 0 saturated heterocycles. The minimum atomic E-state index is -1.17. The topological polar surface area (TPSA) is 89.1 Å². The number of fused-ring (bicyclic) bond motifs is 1. The number of aryl methyl sites for hydroxylation is 1. The highest BCUT2D eigenvalue weighted by atomic mass is 35.5. The summed E-state index contributed by atoms with van der Waals surface area (Å²) in [6.45, 7) is 8.52. The van der Waals surface area contributed by atoms with Crippen molar-refractivity contribution in [2.24, 2.45) is 5.41 Å². The lowest BCUT2D eigenvalue weighted by Gasteiger charge is -2.31. The van der Waals surface area contributed by atoms with E-state index in [0.717, 1.165) is 42.9 Å². The first-order valence-corrected chi connectivity index (χ1v) is 18.7. The summed E-state index contributed by atoms with van der Waals surface area (Å²) in [4.78, 5) is 29.4. The number of ether oxygens (including phenoxy) is 3. The molecule has 2 atom stereocenters. The first kappa shape index (κ1) is 42.9. The Labute approximate surface area is 334 Å². The third-order valence-corrected chi connectivity index (χ3v) is 9.45. The van der Waals surface area contributed by atoms with Crippen LogP contribution in [-0.4, -0.2) is 51.3 Å². The van der Waals surface area contributed by atoms with Crippen LogP contribution in [0.4, 0.5) is 10.1 Å². The minimum Gasteiger partial charge on any atom is -0.492 e. The van der Waals surface area contributed by atoms with Crippen LogP contribution in [0.1, 0.15) is 68.4 Å². The van der Waals surface area contributed by atoms with Gasteiger partial charge in [-0.3, -0.25) is 9.59 Å². The molecule has 5 rings (SSSR count). The van der Waals surface area contributed by atoms with E-state index in [4.69, 9.17) is 37.4 Å².